The number of hydrogen-bond donors (Lipinski definition) is 1. The van der Waals surface area contributed by atoms with Gasteiger partial charge in [-0.15, -0.1) is 0 Å². The summed E-state index contributed by atoms with van der Waals surface area (Å²) in [6.07, 6.45) is 5.49. The van der Waals surface area contributed by atoms with Gasteiger partial charge in [-0.1, -0.05) is 17.7 Å². The molecule has 7 heteroatoms. The number of carbonyl (C=O) groups excluding carboxylic acids is 1. The van der Waals surface area contributed by atoms with Crippen LogP contribution in [-0.2, 0) is 13.1 Å². The van der Waals surface area contributed by atoms with Crippen molar-refractivity contribution in [3.05, 3.63) is 52.8 Å². The summed E-state index contributed by atoms with van der Waals surface area (Å²) in [6, 6.07) is 4.55. The molecule has 2 aromatic rings. The first-order valence-electron chi connectivity index (χ1n) is 8.01. The maximum absolute atomic E-state index is 14.0. The Kier molecular flexibility index (Phi) is 5.04. The van der Waals surface area contributed by atoms with Crippen molar-refractivity contribution in [2.45, 2.75) is 38.9 Å². The molecule has 0 bridgehead atoms. The molecule has 1 fully saturated rings. The zero-order valence-corrected chi connectivity index (χ0v) is 14.3. The van der Waals surface area contributed by atoms with Crippen LogP contribution in [0.1, 0.15) is 24.2 Å². The van der Waals surface area contributed by atoms with Crippen molar-refractivity contribution in [2.75, 3.05) is 6.54 Å². The van der Waals surface area contributed by atoms with Gasteiger partial charge in [0.05, 0.1) is 6.54 Å². The molecule has 0 atom stereocenters. The van der Waals surface area contributed by atoms with E-state index >= 15 is 0 Å². The van der Waals surface area contributed by atoms with Crippen LogP contribution in [-0.4, -0.2) is 33.1 Å². The highest BCUT2D eigenvalue weighted by Gasteiger charge is 2.33. The molecule has 1 heterocycles. The van der Waals surface area contributed by atoms with E-state index in [9.17, 15) is 9.18 Å². The largest absolute Gasteiger partial charge is 0.336 e. The van der Waals surface area contributed by atoms with Crippen LogP contribution >= 0.6 is 11.6 Å². The Bertz CT molecular complexity index is 709. The lowest BCUT2D eigenvalue weighted by Gasteiger charge is -2.24. The van der Waals surface area contributed by atoms with Crippen LogP contribution in [0.3, 0.4) is 0 Å². The number of benzene rings is 1. The minimum absolute atomic E-state index is 0.163. The second-order valence-electron chi connectivity index (χ2n) is 5.96. The molecule has 0 radical (unpaired) electrons. The molecule has 0 spiro atoms. The topological polar surface area (TPSA) is 50.2 Å². The van der Waals surface area contributed by atoms with Crippen molar-refractivity contribution in [3.8, 4) is 0 Å². The van der Waals surface area contributed by atoms with Gasteiger partial charge < -0.3 is 14.8 Å². The molecule has 0 saturated heterocycles. The summed E-state index contributed by atoms with van der Waals surface area (Å²) >= 11 is 6.08. The first-order valence-corrected chi connectivity index (χ1v) is 8.39. The molecular weight excluding hydrogens is 331 g/mol. The highest BCUT2D eigenvalue weighted by molar-refractivity contribution is 6.31. The number of imidazole rings is 1. The minimum Gasteiger partial charge on any atom is -0.336 e. The third-order valence-corrected chi connectivity index (χ3v) is 4.55. The van der Waals surface area contributed by atoms with Gasteiger partial charge in [-0.2, -0.15) is 0 Å². The SMILES string of the molecule is Cc1nccn1CCNC(=O)N(Cc1c(F)cccc1Cl)C1CC1. The van der Waals surface area contributed by atoms with Crippen molar-refractivity contribution in [1.29, 1.82) is 0 Å². The Balaban J connectivity index is 1.61. The molecule has 1 aromatic heterocycles. The number of aryl methyl sites for hydroxylation is 1. The minimum atomic E-state index is -0.380. The van der Waals surface area contributed by atoms with Crippen LogP contribution in [0.15, 0.2) is 30.6 Å². The standard InChI is InChI=1S/C17H20ClFN4O/c1-12-20-7-9-22(12)10-8-21-17(24)23(13-5-6-13)11-14-15(18)3-2-4-16(14)19/h2-4,7,9,13H,5-6,8,10-11H2,1H3,(H,21,24). The number of rotatable bonds is 6. The maximum atomic E-state index is 14.0. The van der Waals surface area contributed by atoms with Gasteiger partial charge >= 0.3 is 6.03 Å². The maximum Gasteiger partial charge on any atom is 0.318 e. The molecule has 0 unspecified atom stereocenters. The first-order chi connectivity index (χ1) is 11.6. The molecule has 128 valence electrons. The lowest BCUT2D eigenvalue weighted by Crippen LogP contribution is -2.42. The number of nitrogens with one attached hydrogen (secondary N) is 1. The van der Waals surface area contributed by atoms with Gasteiger partial charge in [0.25, 0.3) is 0 Å². The van der Waals surface area contributed by atoms with Crippen LogP contribution in [0.25, 0.3) is 0 Å². The molecular formula is C17H20ClFN4O. The Hall–Kier alpha value is -2.08. The van der Waals surface area contributed by atoms with Crippen LogP contribution in [0, 0.1) is 12.7 Å². The van der Waals surface area contributed by atoms with Crippen LogP contribution in [0.2, 0.25) is 5.02 Å². The predicted molar refractivity (Wildman–Crippen MR) is 90.3 cm³/mol. The molecule has 1 aliphatic rings. The van der Waals surface area contributed by atoms with Crippen molar-refractivity contribution in [3.63, 3.8) is 0 Å². The number of carbonyl (C=O) groups is 1. The molecule has 24 heavy (non-hydrogen) atoms. The third-order valence-electron chi connectivity index (χ3n) is 4.19. The monoisotopic (exact) mass is 350 g/mol. The van der Waals surface area contributed by atoms with Crippen molar-refractivity contribution in [1.82, 2.24) is 19.8 Å². The van der Waals surface area contributed by atoms with Crippen LogP contribution in [0.5, 0.6) is 0 Å². The molecule has 1 saturated carbocycles. The highest BCUT2D eigenvalue weighted by Crippen LogP contribution is 2.30. The Labute approximate surface area is 145 Å². The molecule has 2 amide bonds. The molecule has 5 nitrogen and oxygen atoms in total. The van der Waals surface area contributed by atoms with Crippen molar-refractivity contribution in [2.24, 2.45) is 0 Å². The smallest absolute Gasteiger partial charge is 0.318 e. The second-order valence-corrected chi connectivity index (χ2v) is 6.37. The van der Waals surface area contributed by atoms with E-state index in [1.54, 1.807) is 23.2 Å². The summed E-state index contributed by atoms with van der Waals surface area (Å²) in [4.78, 5) is 18.3. The quantitative estimate of drug-likeness (QED) is 0.868. The van der Waals surface area contributed by atoms with Gasteiger partial charge in [0.2, 0.25) is 0 Å². The average Bonchev–Trinajstić information content (AvgIpc) is 3.30. The van der Waals surface area contributed by atoms with E-state index in [4.69, 9.17) is 11.6 Å². The normalized spacial score (nSPS) is 13.8. The molecule has 0 aliphatic heterocycles. The summed E-state index contributed by atoms with van der Waals surface area (Å²) < 4.78 is 16.0. The van der Waals surface area contributed by atoms with Gasteiger partial charge in [0.15, 0.2) is 0 Å². The zero-order valence-electron chi connectivity index (χ0n) is 13.5. The van der Waals surface area contributed by atoms with E-state index in [0.29, 0.717) is 23.7 Å². The van der Waals surface area contributed by atoms with Gasteiger partial charge in [-0.3, -0.25) is 0 Å². The van der Waals surface area contributed by atoms with Gasteiger partial charge in [-0.25, -0.2) is 14.2 Å². The van der Waals surface area contributed by atoms with Crippen molar-refractivity contribution < 1.29 is 9.18 Å². The second kappa shape index (κ2) is 7.21. The number of aromatic nitrogens is 2. The van der Waals surface area contributed by atoms with Crippen molar-refractivity contribution >= 4 is 17.6 Å². The highest BCUT2D eigenvalue weighted by atomic mass is 35.5. The zero-order chi connectivity index (χ0) is 17.1. The van der Waals surface area contributed by atoms with Gasteiger partial charge in [0, 0.05) is 42.1 Å². The fourth-order valence-corrected chi connectivity index (χ4v) is 2.85. The summed E-state index contributed by atoms with van der Waals surface area (Å²) in [5.41, 5.74) is 0.367. The number of amides is 2. The number of hydrogen-bond acceptors (Lipinski definition) is 2. The lowest BCUT2D eigenvalue weighted by molar-refractivity contribution is 0.191. The van der Waals surface area contributed by atoms with E-state index in [-0.39, 0.29) is 24.4 Å². The van der Waals surface area contributed by atoms with Crippen LogP contribution in [0.4, 0.5) is 9.18 Å². The molecule has 1 N–H and O–H groups in total. The fraction of sp³-hybridized carbons (Fsp3) is 0.412. The molecule has 1 aliphatic carbocycles. The van der Waals surface area contributed by atoms with E-state index in [1.807, 2.05) is 17.7 Å². The summed E-state index contributed by atoms with van der Waals surface area (Å²) in [5, 5.41) is 3.25. The average molecular weight is 351 g/mol. The Morgan fingerprint density at radius 2 is 2.29 bits per heavy atom. The molecule has 3 rings (SSSR count). The van der Waals surface area contributed by atoms with E-state index in [0.717, 1.165) is 18.7 Å². The van der Waals surface area contributed by atoms with E-state index in [2.05, 4.69) is 10.3 Å². The van der Waals surface area contributed by atoms with E-state index < -0.39 is 0 Å². The first kappa shape index (κ1) is 16.8. The number of halogens is 2. The predicted octanol–water partition coefficient (Wildman–Crippen LogP) is 3.36. The van der Waals surface area contributed by atoms with Gasteiger partial charge in [-0.05, 0) is 31.9 Å². The Morgan fingerprint density at radius 3 is 2.92 bits per heavy atom. The lowest BCUT2D eigenvalue weighted by atomic mass is 10.2. The number of nitrogens with zero attached hydrogens (tertiary/aromatic N) is 3. The van der Waals surface area contributed by atoms with E-state index in [1.165, 1.54) is 6.07 Å². The summed E-state index contributed by atoms with van der Waals surface area (Å²) in [5.74, 6) is 0.524. The molecule has 1 aromatic carbocycles. The fourth-order valence-electron chi connectivity index (χ4n) is 2.63. The Morgan fingerprint density at radius 1 is 1.50 bits per heavy atom. The summed E-state index contributed by atoms with van der Waals surface area (Å²) in [6.45, 7) is 3.24. The third kappa shape index (κ3) is 3.87. The van der Waals surface area contributed by atoms with Gasteiger partial charge in [0.1, 0.15) is 11.6 Å². The van der Waals surface area contributed by atoms with Crippen LogP contribution < -0.4 is 5.32 Å². The number of urea groups is 1. The summed E-state index contributed by atoms with van der Waals surface area (Å²) in [7, 11) is 0.